The van der Waals surface area contributed by atoms with Gasteiger partial charge in [-0.2, -0.15) is 0 Å². The number of halogens is 1. The molecule has 0 fully saturated rings. The molecule has 0 saturated carbocycles. The molecular weight excluding hydrogens is 287 g/mol. The fourth-order valence-electron chi connectivity index (χ4n) is 1.89. The van der Waals surface area contributed by atoms with Gasteiger partial charge in [-0.25, -0.2) is 4.39 Å². The molecule has 0 aliphatic rings. The van der Waals surface area contributed by atoms with E-state index in [1.807, 2.05) is 6.92 Å². The normalized spacial score (nSPS) is 9.95. The zero-order chi connectivity index (χ0) is 16.1. The van der Waals surface area contributed by atoms with Crippen LogP contribution in [0.1, 0.15) is 26.3 Å². The summed E-state index contributed by atoms with van der Waals surface area (Å²) < 4.78 is 18.6. The predicted octanol–water partition coefficient (Wildman–Crippen LogP) is 2.22. The molecule has 0 heterocycles. The van der Waals surface area contributed by atoms with Gasteiger partial charge in [-0.15, -0.1) is 0 Å². The number of benzene rings is 2. The summed E-state index contributed by atoms with van der Waals surface area (Å²) in [7, 11) is 1.44. The highest BCUT2D eigenvalue weighted by Crippen LogP contribution is 2.19. The number of carbonyl (C=O) groups excluding carboxylic acids is 2. The molecule has 0 aliphatic heterocycles. The molecule has 6 heteroatoms. The molecular formula is C16H15FN2O3. The first-order valence-corrected chi connectivity index (χ1v) is 6.52. The highest BCUT2D eigenvalue weighted by atomic mass is 19.1. The Balaban J connectivity index is 2.09. The van der Waals surface area contributed by atoms with Gasteiger partial charge in [-0.1, -0.05) is 23.8 Å². The topological polar surface area (TPSA) is 67.4 Å². The first-order valence-electron chi connectivity index (χ1n) is 6.52. The lowest BCUT2D eigenvalue weighted by atomic mass is 10.1. The average molecular weight is 302 g/mol. The molecule has 0 spiro atoms. The van der Waals surface area contributed by atoms with Crippen LogP contribution < -0.4 is 15.6 Å². The van der Waals surface area contributed by atoms with Crippen molar-refractivity contribution in [2.45, 2.75) is 6.92 Å². The maximum atomic E-state index is 13.5. The Hall–Kier alpha value is -2.89. The maximum Gasteiger partial charge on any atom is 0.273 e. The minimum atomic E-state index is -0.738. The zero-order valence-corrected chi connectivity index (χ0v) is 12.1. The van der Waals surface area contributed by atoms with E-state index in [9.17, 15) is 14.0 Å². The van der Waals surface area contributed by atoms with E-state index in [0.717, 1.165) is 5.56 Å². The van der Waals surface area contributed by atoms with Crippen LogP contribution in [-0.2, 0) is 0 Å². The molecule has 5 nitrogen and oxygen atoms in total. The molecule has 2 aromatic rings. The fourth-order valence-corrected chi connectivity index (χ4v) is 1.89. The van der Waals surface area contributed by atoms with Gasteiger partial charge in [0, 0.05) is 0 Å². The van der Waals surface area contributed by atoms with Crippen molar-refractivity contribution in [3.63, 3.8) is 0 Å². The van der Waals surface area contributed by atoms with Crippen LogP contribution in [0, 0.1) is 12.7 Å². The third kappa shape index (κ3) is 3.41. The van der Waals surface area contributed by atoms with Crippen LogP contribution in [0.4, 0.5) is 4.39 Å². The van der Waals surface area contributed by atoms with Crippen molar-refractivity contribution >= 4 is 11.8 Å². The maximum absolute atomic E-state index is 13.5. The van der Waals surface area contributed by atoms with Crippen LogP contribution in [0.2, 0.25) is 0 Å². The van der Waals surface area contributed by atoms with Gasteiger partial charge in [0.1, 0.15) is 11.6 Å². The second kappa shape index (κ2) is 6.71. The number of aryl methyl sites for hydroxylation is 1. The number of methoxy groups -OCH3 is 1. The Kier molecular flexibility index (Phi) is 4.73. The van der Waals surface area contributed by atoms with Gasteiger partial charge in [-0.3, -0.25) is 20.4 Å². The Morgan fingerprint density at radius 3 is 2.27 bits per heavy atom. The standard InChI is InChI=1S/C16H15FN2O3/c1-10-7-8-14(22-2)12(9-10)16(21)19-18-15(20)11-5-3-4-6-13(11)17/h3-9H,1-2H3,(H,18,20)(H,19,21). The average Bonchev–Trinajstić information content (AvgIpc) is 2.52. The van der Waals surface area contributed by atoms with Gasteiger partial charge >= 0.3 is 0 Å². The first kappa shape index (κ1) is 15.5. The number of rotatable bonds is 3. The number of ether oxygens (including phenoxy) is 1. The summed E-state index contributed by atoms with van der Waals surface area (Å²) in [6.45, 7) is 1.83. The van der Waals surface area contributed by atoms with Crippen molar-refractivity contribution in [1.29, 1.82) is 0 Å². The summed E-state index contributed by atoms with van der Waals surface area (Å²) in [5.41, 5.74) is 5.40. The summed E-state index contributed by atoms with van der Waals surface area (Å²) in [6.07, 6.45) is 0. The van der Waals surface area contributed by atoms with Crippen LogP contribution in [-0.4, -0.2) is 18.9 Å². The Labute approximate surface area is 127 Å². The summed E-state index contributed by atoms with van der Waals surface area (Å²) in [4.78, 5) is 23.9. The van der Waals surface area contributed by atoms with E-state index in [2.05, 4.69) is 10.9 Å². The van der Waals surface area contributed by atoms with Crippen LogP contribution in [0.25, 0.3) is 0 Å². The number of hydrazine groups is 1. The Bertz CT molecular complexity index is 716. The van der Waals surface area contributed by atoms with E-state index >= 15 is 0 Å². The lowest BCUT2D eigenvalue weighted by molar-refractivity contribution is 0.0842. The molecule has 2 rings (SSSR count). The first-order chi connectivity index (χ1) is 10.5. The quantitative estimate of drug-likeness (QED) is 0.854. The molecule has 0 atom stereocenters. The van der Waals surface area contributed by atoms with Crippen LogP contribution in [0.3, 0.4) is 0 Å². The summed E-state index contributed by atoms with van der Waals surface area (Å²) in [5.74, 6) is -1.58. The van der Waals surface area contributed by atoms with Crippen molar-refractivity contribution in [2.24, 2.45) is 0 Å². The fraction of sp³-hybridized carbons (Fsp3) is 0.125. The zero-order valence-electron chi connectivity index (χ0n) is 12.1. The summed E-state index contributed by atoms with van der Waals surface area (Å²) in [5, 5.41) is 0. The molecule has 2 aromatic carbocycles. The van der Waals surface area contributed by atoms with E-state index in [4.69, 9.17) is 4.74 Å². The van der Waals surface area contributed by atoms with Crippen molar-refractivity contribution in [2.75, 3.05) is 7.11 Å². The smallest absolute Gasteiger partial charge is 0.273 e. The number of nitrogens with one attached hydrogen (secondary N) is 2. The van der Waals surface area contributed by atoms with Crippen LogP contribution in [0.5, 0.6) is 5.75 Å². The second-order valence-electron chi connectivity index (χ2n) is 4.59. The van der Waals surface area contributed by atoms with Gasteiger partial charge in [-0.05, 0) is 31.2 Å². The van der Waals surface area contributed by atoms with Crippen molar-refractivity contribution in [3.8, 4) is 5.75 Å². The number of carbonyl (C=O) groups is 2. The van der Waals surface area contributed by atoms with E-state index in [0.29, 0.717) is 5.75 Å². The third-order valence-corrected chi connectivity index (χ3v) is 3.01. The Morgan fingerprint density at radius 2 is 1.64 bits per heavy atom. The van der Waals surface area contributed by atoms with E-state index in [1.54, 1.807) is 18.2 Å². The molecule has 0 aliphatic carbocycles. The van der Waals surface area contributed by atoms with Crippen LogP contribution >= 0.6 is 0 Å². The third-order valence-electron chi connectivity index (χ3n) is 3.01. The lowest BCUT2D eigenvalue weighted by Crippen LogP contribution is -2.42. The molecule has 0 radical (unpaired) electrons. The molecule has 0 saturated heterocycles. The van der Waals surface area contributed by atoms with Crippen molar-refractivity contribution in [3.05, 3.63) is 65.0 Å². The van der Waals surface area contributed by atoms with E-state index in [-0.39, 0.29) is 11.1 Å². The minimum Gasteiger partial charge on any atom is -0.496 e. The van der Waals surface area contributed by atoms with Gasteiger partial charge in [0.05, 0.1) is 18.2 Å². The van der Waals surface area contributed by atoms with E-state index in [1.165, 1.54) is 31.4 Å². The van der Waals surface area contributed by atoms with Crippen molar-refractivity contribution < 1.29 is 18.7 Å². The SMILES string of the molecule is COc1ccc(C)cc1C(=O)NNC(=O)c1ccccc1F. The molecule has 2 amide bonds. The van der Waals surface area contributed by atoms with Gasteiger partial charge in [0.15, 0.2) is 0 Å². The minimum absolute atomic E-state index is 0.154. The number of amides is 2. The van der Waals surface area contributed by atoms with Gasteiger partial charge in [0.2, 0.25) is 0 Å². The number of hydrogen-bond acceptors (Lipinski definition) is 3. The molecule has 114 valence electrons. The molecule has 2 N–H and O–H groups in total. The molecule has 0 aromatic heterocycles. The Morgan fingerprint density at radius 1 is 1.00 bits per heavy atom. The molecule has 0 bridgehead atoms. The largest absolute Gasteiger partial charge is 0.496 e. The molecule has 22 heavy (non-hydrogen) atoms. The summed E-state index contributed by atoms with van der Waals surface area (Å²) >= 11 is 0. The highest BCUT2D eigenvalue weighted by Gasteiger charge is 2.15. The lowest BCUT2D eigenvalue weighted by Gasteiger charge is -2.11. The highest BCUT2D eigenvalue weighted by molar-refractivity contribution is 6.00. The molecule has 0 unspecified atom stereocenters. The van der Waals surface area contributed by atoms with E-state index < -0.39 is 17.6 Å². The summed E-state index contributed by atoms with van der Waals surface area (Å²) in [6, 6.07) is 10.6. The number of hydrogen-bond donors (Lipinski definition) is 2. The van der Waals surface area contributed by atoms with Gasteiger partial charge in [0.25, 0.3) is 11.8 Å². The second-order valence-corrected chi connectivity index (χ2v) is 4.59. The van der Waals surface area contributed by atoms with Crippen LogP contribution in [0.15, 0.2) is 42.5 Å². The predicted molar refractivity (Wildman–Crippen MR) is 79.1 cm³/mol. The monoisotopic (exact) mass is 302 g/mol. The van der Waals surface area contributed by atoms with Gasteiger partial charge < -0.3 is 4.74 Å². The van der Waals surface area contributed by atoms with Crippen molar-refractivity contribution in [1.82, 2.24) is 10.9 Å².